The van der Waals surface area contributed by atoms with Gasteiger partial charge >= 0.3 is 76.1 Å². The summed E-state index contributed by atoms with van der Waals surface area (Å²) in [5.74, 6) is -8.17. The number of carboxylic acids is 2. The zero-order chi connectivity index (χ0) is 11.3. The molecular weight excluding hydrogens is 380 g/mol. The average molecular weight is 386 g/mol. The maximum atomic E-state index is 10.3. The molecule has 2 radical (unpaired) electrons. The molecule has 18 heavy (non-hydrogen) atoms. The van der Waals surface area contributed by atoms with E-state index < -0.39 is 30.0 Å². The number of rotatable bonds is 0. The van der Waals surface area contributed by atoms with Crippen LogP contribution < -0.4 is 0 Å². The molecule has 106 valence electrons. The SMILES string of the molecule is O=C(OC(=O)C(=O)O)OC(=O)C(=O)O.[Cu].[Cu].[MgH2].[MgH2]. The van der Waals surface area contributed by atoms with E-state index in [-0.39, 0.29) is 80.2 Å². The number of ether oxygens (including phenoxy) is 2. The van der Waals surface area contributed by atoms with Gasteiger partial charge in [0.05, 0.1) is 0 Å². The van der Waals surface area contributed by atoms with Crippen molar-refractivity contribution in [2.45, 2.75) is 0 Å². The van der Waals surface area contributed by atoms with Gasteiger partial charge < -0.3 is 19.7 Å². The van der Waals surface area contributed by atoms with E-state index in [2.05, 4.69) is 9.47 Å². The van der Waals surface area contributed by atoms with Crippen LogP contribution in [0.4, 0.5) is 4.79 Å². The van der Waals surface area contributed by atoms with Crippen LogP contribution in [-0.4, -0.2) is 86.4 Å². The van der Waals surface area contributed by atoms with Gasteiger partial charge in [-0.3, -0.25) is 0 Å². The Labute approximate surface area is 153 Å². The molecule has 0 fully saturated rings. The molecule has 0 aromatic carbocycles. The second-order valence-corrected chi connectivity index (χ2v) is 1.64. The number of hydrogen-bond acceptors (Lipinski definition) is 7. The standard InChI is InChI=1S/C5H2O9.2Cu.2Mg.4H/c6-1(7)3(10)13-5(12)14-4(11)2(8)9;;;;;;;;/h(H,6,7)(H,8,9);;;;;;;;. The third-order valence-corrected chi connectivity index (χ3v) is 0.701. The van der Waals surface area contributed by atoms with Crippen LogP contribution in [0, 0.1) is 0 Å². The largest absolute Gasteiger partial charge is 0.524 e. The Hall–Kier alpha value is 0.121. The van der Waals surface area contributed by atoms with Crippen molar-refractivity contribution >= 4 is 76.1 Å². The predicted octanol–water partition coefficient (Wildman–Crippen LogP) is -3.48. The predicted molar refractivity (Wildman–Crippen MR) is 49.9 cm³/mol. The Kier molecular flexibility index (Phi) is 26.0. The Balaban J connectivity index is -0.000000141. The molecular formula is C5H6Cu2Mg2O9. The van der Waals surface area contributed by atoms with E-state index in [0.717, 1.165) is 0 Å². The molecule has 0 atom stereocenters. The van der Waals surface area contributed by atoms with Crippen LogP contribution in [0.25, 0.3) is 0 Å². The van der Waals surface area contributed by atoms with E-state index in [0.29, 0.717) is 0 Å². The summed E-state index contributed by atoms with van der Waals surface area (Å²) in [6.07, 6.45) is -2.02. The zero-order valence-corrected chi connectivity index (χ0v) is 8.74. The van der Waals surface area contributed by atoms with Crippen LogP contribution in [0.1, 0.15) is 0 Å². The number of carbonyl (C=O) groups excluding carboxylic acids is 3. The van der Waals surface area contributed by atoms with Gasteiger partial charge in [-0.2, -0.15) is 0 Å². The molecule has 13 heteroatoms. The average Bonchev–Trinajstić information content (AvgIpc) is 2.03. The molecule has 0 rings (SSSR count). The van der Waals surface area contributed by atoms with Crippen molar-refractivity contribution in [3.8, 4) is 0 Å². The number of carbonyl (C=O) groups is 5. The summed E-state index contributed by atoms with van der Waals surface area (Å²) in [4.78, 5) is 50.0. The van der Waals surface area contributed by atoms with E-state index in [1.807, 2.05) is 0 Å². The minimum atomic E-state index is -2.09. The number of aliphatic carboxylic acids is 2. The molecule has 0 aliphatic carbocycles. The maximum Gasteiger partial charge on any atom is 0.524 e. The van der Waals surface area contributed by atoms with Gasteiger partial charge in [0.1, 0.15) is 0 Å². The van der Waals surface area contributed by atoms with Crippen molar-refractivity contribution in [3.63, 3.8) is 0 Å². The molecule has 0 aromatic heterocycles. The minimum absolute atomic E-state index is 0. The summed E-state index contributed by atoms with van der Waals surface area (Å²) in [5.41, 5.74) is 0. The summed E-state index contributed by atoms with van der Waals surface area (Å²) >= 11 is 0. The monoisotopic (exact) mass is 384 g/mol. The summed E-state index contributed by atoms with van der Waals surface area (Å²) in [6.45, 7) is 0. The quantitative estimate of drug-likeness (QED) is 0.188. The van der Waals surface area contributed by atoms with Crippen LogP contribution in [0.15, 0.2) is 0 Å². The minimum Gasteiger partial charge on any atom is -0.473 e. The Morgan fingerprint density at radius 3 is 1.06 bits per heavy atom. The summed E-state index contributed by atoms with van der Waals surface area (Å²) in [7, 11) is 0. The maximum absolute atomic E-state index is 10.3. The van der Waals surface area contributed by atoms with Crippen molar-refractivity contribution in [1.82, 2.24) is 0 Å². The van der Waals surface area contributed by atoms with Crippen LogP contribution in [0.3, 0.4) is 0 Å². The van der Waals surface area contributed by atoms with E-state index in [9.17, 15) is 24.0 Å². The van der Waals surface area contributed by atoms with E-state index >= 15 is 0 Å². The Bertz CT molecular complexity index is 301. The van der Waals surface area contributed by atoms with Crippen molar-refractivity contribution in [2.24, 2.45) is 0 Å². The third-order valence-electron chi connectivity index (χ3n) is 0.701. The number of hydrogen-bond donors (Lipinski definition) is 2. The van der Waals surface area contributed by atoms with Crippen LogP contribution in [0.2, 0.25) is 0 Å². The Morgan fingerprint density at radius 2 is 0.889 bits per heavy atom. The van der Waals surface area contributed by atoms with E-state index in [1.165, 1.54) is 0 Å². The molecule has 0 aliphatic heterocycles. The fraction of sp³-hybridized carbons (Fsp3) is 0. The smallest absolute Gasteiger partial charge is 0.473 e. The molecule has 0 aliphatic rings. The molecule has 0 saturated carbocycles. The first-order valence-corrected chi connectivity index (χ1v) is 2.78. The first-order valence-electron chi connectivity index (χ1n) is 2.78. The van der Waals surface area contributed by atoms with Gasteiger partial charge in [-0.15, -0.1) is 0 Å². The molecule has 2 N–H and O–H groups in total. The third kappa shape index (κ3) is 14.2. The molecule has 0 aromatic rings. The van der Waals surface area contributed by atoms with Gasteiger partial charge in [-0.25, -0.2) is 24.0 Å². The summed E-state index contributed by atoms with van der Waals surface area (Å²) in [6, 6.07) is 0. The second-order valence-electron chi connectivity index (χ2n) is 1.64. The van der Waals surface area contributed by atoms with E-state index in [1.54, 1.807) is 0 Å². The van der Waals surface area contributed by atoms with Crippen LogP contribution >= 0.6 is 0 Å². The molecule has 0 amide bonds. The van der Waals surface area contributed by atoms with Crippen molar-refractivity contribution in [1.29, 1.82) is 0 Å². The normalized spacial score (nSPS) is 6.67. The molecule has 0 spiro atoms. The number of esters is 2. The second kappa shape index (κ2) is 15.2. The first kappa shape index (κ1) is 30.9. The van der Waals surface area contributed by atoms with Crippen molar-refractivity contribution in [2.75, 3.05) is 0 Å². The van der Waals surface area contributed by atoms with E-state index in [4.69, 9.17) is 10.2 Å². The van der Waals surface area contributed by atoms with Crippen LogP contribution in [0.5, 0.6) is 0 Å². The fourth-order valence-corrected chi connectivity index (χ4v) is 0.260. The molecule has 0 bridgehead atoms. The summed E-state index contributed by atoms with van der Waals surface area (Å²) in [5, 5.41) is 15.8. The van der Waals surface area contributed by atoms with Crippen LogP contribution in [-0.2, 0) is 62.8 Å². The molecule has 0 unspecified atom stereocenters. The Morgan fingerprint density at radius 1 is 0.667 bits per heavy atom. The molecule has 0 heterocycles. The van der Waals surface area contributed by atoms with Gasteiger partial charge in [0.25, 0.3) is 0 Å². The summed E-state index contributed by atoms with van der Waals surface area (Å²) < 4.78 is 6.70. The van der Waals surface area contributed by atoms with Gasteiger partial charge in [0.15, 0.2) is 0 Å². The first-order chi connectivity index (χ1) is 6.34. The number of carboxylic acid groups (broad SMARTS) is 2. The molecule has 9 nitrogen and oxygen atoms in total. The van der Waals surface area contributed by atoms with Crippen molar-refractivity contribution in [3.05, 3.63) is 0 Å². The fourth-order valence-electron chi connectivity index (χ4n) is 0.260. The van der Waals surface area contributed by atoms with Gasteiger partial charge in [-0.05, 0) is 0 Å². The van der Waals surface area contributed by atoms with Gasteiger partial charge in [0.2, 0.25) is 0 Å². The molecule has 0 saturated heterocycles. The van der Waals surface area contributed by atoms with Crippen molar-refractivity contribution < 1.29 is 77.8 Å². The topological polar surface area (TPSA) is 144 Å². The zero-order valence-electron chi connectivity index (χ0n) is 6.86. The van der Waals surface area contributed by atoms with Gasteiger partial charge in [-0.1, -0.05) is 0 Å². The van der Waals surface area contributed by atoms with Gasteiger partial charge in [0, 0.05) is 34.1 Å².